The van der Waals surface area contributed by atoms with Gasteiger partial charge in [0, 0.05) is 17.2 Å². The van der Waals surface area contributed by atoms with Gasteiger partial charge in [-0.1, -0.05) is 60.7 Å². The van der Waals surface area contributed by atoms with E-state index in [1.165, 1.54) is 16.8 Å². The first-order valence-electron chi connectivity index (χ1n) is 9.38. The van der Waals surface area contributed by atoms with E-state index in [1.54, 1.807) is 24.3 Å². The maximum absolute atomic E-state index is 13.0. The highest BCUT2D eigenvalue weighted by atomic mass is 32.2. The molecule has 0 saturated carbocycles. The molecule has 0 fully saturated rings. The van der Waals surface area contributed by atoms with Gasteiger partial charge in [-0.15, -0.1) is 0 Å². The van der Waals surface area contributed by atoms with Gasteiger partial charge in [-0.05, 0) is 23.8 Å². The van der Waals surface area contributed by atoms with E-state index in [-0.39, 0.29) is 17.0 Å². The molecule has 4 rings (SSSR count). The van der Waals surface area contributed by atoms with Crippen LogP contribution in [-0.4, -0.2) is 29.6 Å². The summed E-state index contributed by atoms with van der Waals surface area (Å²) >= 11 is 0. The summed E-state index contributed by atoms with van der Waals surface area (Å²) < 4.78 is 24.5. The van der Waals surface area contributed by atoms with Crippen LogP contribution in [0.25, 0.3) is 22.0 Å². The Bertz CT molecular complexity index is 1360. The van der Waals surface area contributed by atoms with Crippen molar-refractivity contribution in [2.24, 2.45) is 0 Å². The third kappa shape index (κ3) is 3.90. The molecule has 1 N–H and O–H groups in total. The molecule has 0 saturated heterocycles. The highest BCUT2D eigenvalue weighted by Gasteiger charge is 2.16. The summed E-state index contributed by atoms with van der Waals surface area (Å²) in [6, 6.07) is 22.8. The number of rotatable bonds is 5. The second kappa shape index (κ2) is 7.85. The van der Waals surface area contributed by atoms with Gasteiger partial charge in [0.1, 0.15) is 0 Å². The van der Waals surface area contributed by atoms with Crippen LogP contribution < -0.4 is 5.56 Å². The van der Waals surface area contributed by atoms with E-state index in [0.29, 0.717) is 16.6 Å². The van der Waals surface area contributed by atoms with Crippen LogP contribution in [0.3, 0.4) is 0 Å². The minimum Gasteiger partial charge on any atom is -0.386 e. The number of benzene rings is 3. The normalized spacial score (nSPS) is 12.7. The lowest BCUT2D eigenvalue weighted by molar-refractivity contribution is 0.149. The van der Waals surface area contributed by atoms with Crippen LogP contribution in [0.1, 0.15) is 11.7 Å². The van der Waals surface area contributed by atoms with Crippen LogP contribution in [0.4, 0.5) is 0 Å². The Kier molecular flexibility index (Phi) is 5.24. The van der Waals surface area contributed by atoms with E-state index in [4.69, 9.17) is 0 Å². The highest BCUT2D eigenvalue weighted by Crippen LogP contribution is 2.25. The molecule has 1 aromatic heterocycles. The fourth-order valence-electron chi connectivity index (χ4n) is 3.37. The average Bonchev–Trinajstić information content (AvgIpc) is 2.76. The molecule has 0 aliphatic heterocycles. The van der Waals surface area contributed by atoms with Crippen molar-refractivity contribution in [3.8, 4) is 11.3 Å². The zero-order valence-electron chi connectivity index (χ0n) is 16.3. The number of hydrogen-bond acceptors (Lipinski definition) is 5. The molecule has 0 aliphatic rings. The minimum absolute atomic E-state index is 0.0538. The first-order chi connectivity index (χ1) is 14.3. The van der Waals surface area contributed by atoms with E-state index in [1.807, 2.05) is 42.5 Å². The third-order valence-electron chi connectivity index (χ3n) is 4.95. The van der Waals surface area contributed by atoms with Gasteiger partial charge >= 0.3 is 0 Å². The monoisotopic (exact) mass is 420 g/mol. The number of aromatic nitrogens is 2. The number of fused-ring (bicyclic) bond motifs is 1. The lowest BCUT2D eigenvalue weighted by Crippen LogP contribution is -2.26. The Morgan fingerprint density at radius 1 is 0.900 bits per heavy atom. The van der Waals surface area contributed by atoms with Crippen molar-refractivity contribution in [1.29, 1.82) is 0 Å². The molecule has 1 heterocycles. The fraction of sp³-hybridized carbons (Fsp3) is 0.130. The van der Waals surface area contributed by atoms with Gasteiger partial charge in [0.15, 0.2) is 9.84 Å². The molecule has 0 amide bonds. The zero-order valence-corrected chi connectivity index (χ0v) is 17.1. The highest BCUT2D eigenvalue weighted by molar-refractivity contribution is 7.90. The molecule has 30 heavy (non-hydrogen) atoms. The van der Waals surface area contributed by atoms with Gasteiger partial charge in [0.25, 0.3) is 5.56 Å². The quantitative estimate of drug-likeness (QED) is 0.536. The van der Waals surface area contributed by atoms with Crippen LogP contribution >= 0.6 is 0 Å². The van der Waals surface area contributed by atoms with Crippen molar-refractivity contribution < 1.29 is 13.5 Å². The van der Waals surface area contributed by atoms with Gasteiger partial charge in [-0.2, -0.15) is 5.10 Å². The largest absolute Gasteiger partial charge is 0.386 e. The summed E-state index contributed by atoms with van der Waals surface area (Å²) in [6.07, 6.45) is 0.107. The Hall–Kier alpha value is -3.29. The SMILES string of the molecule is CS(=O)(=O)c1ccc([C@@H](O)Cn2nc(-c3ccccc3)c3ccccc3c2=O)cc1. The van der Waals surface area contributed by atoms with Gasteiger partial charge < -0.3 is 5.11 Å². The van der Waals surface area contributed by atoms with Gasteiger partial charge in [0.2, 0.25) is 0 Å². The standard InChI is InChI=1S/C23H20N2O4S/c1-30(28,29)18-13-11-16(12-14-18)21(26)15-25-23(27)20-10-6-5-9-19(20)22(24-25)17-7-3-2-4-8-17/h2-14,21,26H,15H2,1H3/t21-/m0/s1. The number of nitrogens with zero attached hydrogens (tertiary/aromatic N) is 2. The summed E-state index contributed by atoms with van der Waals surface area (Å²) in [5.74, 6) is 0. The summed E-state index contributed by atoms with van der Waals surface area (Å²) in [4.78, 5) is 13.1. The summed E-state index contributed by atoms with van der Waals surface area (Å²) in [6.45, 7) is -0.0538. The van der Waals surface area contributed by atoms with Crippen molar-refractivity contribution in [3.63, 3.8) is 0 Å². The van der Waals surface area contributed by atoms with E-state index in [2.05, 4.69) is 5.10 Å². The summed E-state index contributed by atoms with van der Waals surface area (Å²) in [5, 5.41) is 16.5. The Morgan fingerprint density at radius 2 is 1.50 bits per heavy atom. The van der Waals surface area contributed by atoms with Crippen LogP contribution in [0.2, 0.25) is 0 Å². The predicted octanol–water partition coefficient (Wildman–Crippen LogP) is 3.20. The van der Waals surface area contributed by atoms with Crippen molar-refractivity contribution in [3.05, 3.63) is 94.8 Å². The summed E-state index contributed by atoms with van der Waals surface area (Å²) in [5.41, 5.74) is 1.74. The molecule has 0 radical (unpaired) electrons. The predicted molar refractivity (Wildman–Crippen MR) is 116 cm³/mol. The second-order valence-electron chi connectivity index (χ2n) is 7.10. The summed E-state index contributed by atoms with van der Waals surface area (Å²) in [7, 11) is -3.32. The molecule has 0 bridgehead atoms. The van der Waals surface area contributed by atoms with Gasteiger partial charge in [-0.25, -0.2) is 13.1 Å². The van der Waals surface area contributed by atoms with Crippen molar-refractivity contribution in [2.75, 3.05) is 6.26 Å². The maximum Gasteiger partial charge on any atom is 0.274 e. The first kappa shape index (κ1) is 20.0. The Balaban J connectivity index is 1.76. The zero-order chi connectivity index (χ0) is 21.3. The topological polar surface area (TPSA) is 89.3 Å². The van der Waals surface area contributed by atoms with Crippen LogP contribution in [0.15, 0.2) is 88.6 Å². The van der Waals surface area contributed by atoms with Crippen LogP contribution in [0, 0.1) is 0 Å². The fourth-order valence-corrected chi connectivity index (χ4v) is 4.00. The average molecular weight is 420 g/mol. The molecular formula is C23H20N2O4S. The van der Waals surface area contributed by atoms with E-state index in [0.717, 1.165) is 17.2 Å². The number of hydrogen-bond donors (Lipinski definition) is 1. The molecule has 4 aromatic rings. The Morgan fingerprint density at radius 3 is 2.13 bits per heavy atom. The van der Waals surface area contributed by atoms with Crippen molar-refractivity contribution >= 4 is 20.6 Å². The van der Waals surface area contributed by atoms with Gasteiger partial charge in [0.05, 0.1) is 28.6 Å². The molecule has 0 aliphatic carbocycles. The van der Waals surface area contributed by atoms with E-state index >= 15 is 0 Å². The molecular weight excluding hydrogens is 400 g/mol. The van der Waals surface area contributed by atoms with E-state index < -0.39 is 15.9 Å². The smallest absolute Gasteiger partial charge is 0.274 e. The number of aliphatic hydroxyl groups is 1. The number of sulfone groups is 1. The van der Waals surface area contributed by atoms with E-state index in [9.17, 15) is 18.3 Å². The molecule has 0 unspecified atom stereocenters. The molecule has 7 heteroatoms. The van der Waals surface area contributed by atoms with Crippen molar-refractivity contribution in [1.82, 2.24) is 9.78 Å². The Labute approximate surface area is 174 Å². The lowest BCUT2D eigenvalue weighted by atomic mass is 10.0. The molecule has 152 valence electrons. The lowest BCUT2D eigenvalue weighted by Gasteiger charge is -2.15. The first-order valence-corrected chi connectivity index (χ1v) is 11.3. The third-order valence-corrected chi connectivity index (χ3v) is 6.08. The number of aliphatic hydroxyl groups excluding tert-OH is 1. The van der Waals surface area contributed by atoms with Crippen molar-refractivity contribution in [2.45, 2.75) is 17.5 Å². The molecule has 1 atom stereocenters. The maximum atomic E-state index is 13.0. The molecule has 0 spiro atoms. The molecule has 6 nitrogen and oxygen atoms in total. The minimum atomic E-state index is -3.32. The van der Waals surface area contributed by atoms with Crippen LogP contribution in [-0.2, 0) is 16.4 Å². The van der Waals surface area contributed by atoms with Crippen LogP contribution in [0.5, 0.6) is 0 Å². The van der Waals surface area contributed by atoms with Gasteiger partial charge in [-0.3, -0.25) is 4.79 Å². The second-order valence-corrected chi connectivity index (χ2v) is 9.12. The molecule has 3 aromatic carbocycles.